The molecule has 2 rings (SSSR count). The second-order valence-electron chi connectivity index (χ2n) is 5.45. The third kappa shape index (κ3) is 3.78. The topological polar surface area (TPSA) is 33.5 Å². The SMILES string of the molecule is Cc1nc(CN(C)CCN2CCOCC2)n(C)c1C. The average molecular weight is 266 g/mol. The second kappa shape index (κ2) is 6.50. The Balaban J connectivity index is 1.80. The molecule has 1 saturated heterocycles. The van der Waals surface area contributed by atoms with E-state index >= 15 is 0 Å². The molecule has 1 aromatic heterocycles. The molecule has 0 bridgehead atoms. The van der Waals surface area contributed by atoms with Gasteiger partial charge in [0, 0.05) is 38.9 Å². The Morgan fingerprint density at radius 3 is 2.53 bits per heavy atom. The molecule has 0 unspecified atom stereocenters. The highest BCUT2D eigenvalue weighted by atomic mass is 16.5. The van der Waals surface area contributed by atoms with Crippen molar-refractivity contribution in [2.24, 2.45) is 7.05 Å². The maximum atomic E-state index is 5.37. The van der Waals surface area contributed by atoms with Crippen LogP contribution in [0, 0.1) is 13.8 Å². The first-order valence-corrected chi connectivity index (χ1v) is 7.05. The zero-order valence-corrected chi connectivity index (χ0v) is 12.6. The first-order valence-electron chi connectivity index (χ1n) is 7.05. The lowest BCUT2D eigenvalue weighted by atomic mass is 10.4. The minimum Gasteiger partial charge on any atom is -0.379 e. The average Bonchev–Trinajstić information content (AvgIpc) is 2.65. The zero-order valence-electron chi connectivity index (χ0n) is 12.6. The first kappa shape index (κ1) is 14.5. The highest BCUT2D eigenvalue weighted by Crippen LogP contribution is 2.09. The van der Waals surface area contributed by atoms with Gasteiger partial charge in [0.1, 0.15) is 5.82 Å². The summed E-state index contributed by atoms with van der Waals surface area (Å²) >= 11 is 0. The van der Waals surface area contributed by atoms with Gasteiger partial charge in [0.15, 0.2) is 0 Å². The van der Waals surface area contributed by atoms with Gasteiger partial charge in [-0.1, -0.05) is 0 Å². The van der Waals surface area contributed by atoms with Crippen molar-refractivity contribution >= 4 is 0 Å². The smallest absolute Gasteiger partial charge is 0.123 e. The number of aromatic nitrogens is 2. The predicted octanol–water partition coefficient (Wildman–Crippen LogP) is 0.801. The zero-order chi connectivity index (χ0) is 13.8. The number of rotatable bonds is 5. The fourth-order valence-corrected chi connectivity index (χ4v) is 2.38. The molecular weight excluding hydrogens is 240 g/mol. The van der Waals surface area contributed by atoms with E-state index in [4.69, 9.17) is 4.74 Å². The van der Waals surface area contributed by atoms with E-state index in [0.29, 0.717) is 0 Å². The van der Waals surface area contributed by atoms with E-state index in [2.05, 4.69) is 47.3 Å². The number of morpholine rings is 1. The quantitative estimate of drug-likeness (QED) is 0.789. The Kier molecular flexibility index (Phi) is 4.96. The van der Waals surface area contributed by atoms with E-state index < -0.39 is 0 Å². The van der Waals surface area contributed by atoms with Gasteiger partial charge in [-0.25, -0.2) is 4.98 Å². The third-order valence-corrected chi connectivity index (χ3v) is 4.02. The number of hydrogen-bond acceptors (Lipinski definition) is 4. The van der Waals surface area contributed by atoms with Crippen molar-refractivity contribution in [3.05, 3.63) is 17.2 Å². The van der Waals surface area contributed by atoms with Crippen molar-refractivity contribution in [2.45, 2.75) is 20.4 Å². The molecule has 0 amide bonds. The number of hydrogen-bond donors (Lipinski definition) is 0. The van der Waals surface area contributed by atoms with Crippen LogP contribution >= 0.6 is 0 Å². The molecule has 2 heterocycles. The number of nitrogens with zero attached hydrogens (tertiary/aromatic N) is 4. The van der Waals surface area contributed by atoms with Gasteiger partial charge < -0.3 is 9.30 Å². The van der Waals surface area contributed by atoms with Crippen LogP contribution in [0.3, 0.4) is 0 Å². The maximum Gasteiger partial charge on any atom is 0.123 e. The second-order valence-corrected chi connectivity index (χ2v) is 5.45. The molecule has 1 aromatic rings. The van der Waals surface area contributed by atoms with Crippen molar-refractivity contribution in [2.75, 3.05) is 46.4 Å². The summed E-state index contributed by atoms with van der Waals surface area (Å²) in [5, 5.41) is 0. The summed E-state index contributed by atoms with van der Waals surface area (Å²) in [7, 11) is 4.26. The molecule has 108 valence electrons. The summed E-state index contributed by atoms with van der Waals surface area (Å²) in [6, 6.07) is 0. The highest BCUT2D eigenvalue weighted by molar-refractivity contribution is 5.13. The van der Waals surface area contributed by atoms with E-state index in [1.165, 1.54) is 5.69 Å². The van der Waals surface area contributed by atoms with Crippen LogP contribution in [0.4, 0.5) is 0 Å². The Morgan fingerprint density at radius 1 is 1.26 bits per heavy atom. The van der Waals surface area contributed by atoms with Gasteiger partial charge in [-0.05, 0) is 20.9 Å². The van der Waals surface area contributed by atoms with E-state index in [0.717, 1.165) is 57.5 Å². The van der Waals surface area contributed by atoms with Crippen LogP contribution < -0.4 is 0 Å². The van der Waals surface area contributed by atoms with E-state index in [9.17, 15) is 0 Å². The van der Waals surface area contributed by atoms with Crippen LogP contribution in [0.5, 0.6) is 0 Å². The van der Waals surface area contributed by atoms with Crippen LogP contribution in [0.15, 0.2) is 0 Å². The van der Waals surface area contributed by atoms with Gasteiger partial charge >= 0.3 is 0 Å². The number of aryl methyl sites for hydroxylation is 1. The van der Waals surface area contributed by atoms with E-state index in [1.54, 1.807) is 0 Å². The molecule has 0 spiro atoms. The van der Waals surface area contributed by atoms with Crippen molar-refractivity contribution in [3.63, 3.8) is 0 Å². The summed E-state index contributed by atoms with van der Waals surface area (Å²) in [6.07, 6.45) is 0. The summed E-state index contributed by atoms with van der Waals surface area (Å²) < 4.78 is 7.56. The minimum absolute atomic E-state index is 0.876. The third-order valence-electron chi connectivity index (χ3n) is 4.02. The standard InChI is InChI=1S/C14H26N4O/c1-12-13(2)17(4)14(15-12)11-16(3)5-6-18-7-9-19-10-8-18/h5-11H2,1-4H3. The molecule has 5 heteroatoms. The molecule has 1 fully saturated rings. The molecule has 19 heavy (non-hydrogen) atoms. The van der Waals surface area contributed by atoms with E-state index in [1.807, 2.05) is 0 Å². The van der Waals surface area contributed by atoms with Gasteiger partial charge in [-0.15, -0.1) is 0 Å². The Labute approximate surface area is 116 Å². The number of likely N-dealkylation sites (N-methyl/N-ethyl adjacent to an activating group) is 1. The van der Waals surface area contributed by atoms with Crippen molar-refractivity contribution in [3.8, 4) is 0 Å². The summed E-state index contributed by atoms with van der Waals surface area (Å²) in [5.41, 5.74) is 2.40. The number of imidazole rings is 1. The summed E-state index contributed by atoms with van der Waals surface area (Å²) in [6.45, 7) is 11.2. The summed E-state index contributed by atoms with van der Waals surface area (Å²) in [4.78, 5) is 9.44. The molecule has 0 N–H and O–H groups in total. The Morgan fingerprint density at radius 2 is 1.95 bits per heavy atom. The van der Waals surface area contributed by atoms with E-state index in [-0.39, 0.29) is 0 Å². The monoisotopic (exact) mass is 266 g/mol. The van der Waals surface area contributed by atoms with Crippen molar-refractivity contribution in [1.29, 1.82) is 0 Å². The van der Waals surface area contributed by atoms with Crippen LogP contribution in [0.2, 0.25) is 0 Å². The van der Waals surface area contributed by atoms with Crippen LogP contribution in [-0.4, -0.2) is 65.8 Å². The molecule has 1 aliphatic heterocycles. The van der Waals surface area contributed by atoms with Gasteiger partial charge in [-0.3, -0.25) is 9.80 Å². The van der Waals surface area contributed by atoms with Crippen LogP contribution in [-0.2, 0) is 18.3 Å². The fourth-order valence-electron chi connectivity index (χ4n) is 2.38. The molecule has 0 saturated carbocycles. The van der Waals surface area contributed by atoms with Crippen LogP contribution in [0.25, 0.3) is 0 Å². The van der Waals surface area contributed by atoms with Crippen LogP contribution in [0.1, 0.15) is 17.2 Å². The maximum absolute atomic E-state index is 5.37. The molecule has 1 aliphatic rings. The molecule has 0 radical (unpaired) electrons. The summed E-state index contributed by atoms with van der Waals surface area (Å²) in [5.74, 6) is 1.15. The molecular formula is C14H26N4O. The van der Waals surface area contributed by atoms with Crippen molar-refractivity contribution in [1.82, 2.24) is 19.4 Å². The normalized spacial score (nSPS) is 17.3. The minimum atomic E-state index is 0.876. The van der Waals surface area contributed by atoms with Crippen molar-refractivity contribution < 1.29 is 4.74 Å². The van der Waals surface area contributed by atoms with Gasteiger partial charge in [0.2, 0.25) is 0 Å². The van der Waals surface area contributed by atoms with Gasteiger partial charge in [0.05, 0.1) is 25.5 Å². The van der Waals surface area contributed by atoms with Gasteiger partial charge in [0.25, 0.3) is 0 Å². The number of ether oxygens (including phenoxy) is 1. The lowest BCUT2D eigenvalue weighted by Gasteiger charge is -2.28. The highest BCUT2D eigenvalue weighted by Gasteiger charge is 2.13. The molecule has 0 aliphatic carbocycles. The Hall–Kier alpha value is -0.910. The Bertz CT molecular complexity index is 410. The largest absolute Gasteiger partial charge is 0.379 e. The fraction of sp³-hybridized carbons (Fsp3) is 0.786. The predicted molar refractivity (Wildman–Crippen MR) is 76.3 cm³/mol. The molecule has 0 aromatic carbocycles. The molecule has 0 atom stereocenters. The lowest BCUT2D eigenvalue weighted by molar-refractivity contribution is 0.0341. The first-order chi connectivity index (χ1) is 9.08. The molecule has 5 nitrogen and oxygen atoms in total. The van der Waals surface area contributed by atoms with Gasteiger partial charge in [-0.2, -0.15) is 0 Å². The lowest BCUT2D eigenvalue weighted by Crippen LogP contribution is -2.40.